The average Bonchev–Trinajstić information content (AvgIpc) is 3.19. The second-order valence-electron chi connectivity index (χ2n) is 9.74. The number of hydrogen-bond acceptors (Lipinski definition) is 5. The van der Waals surface area contributed by atoms with Crippen molar-refractivity contribution in [3.05, 3.63) is 29.6 Å². The van der Waals surface area contributed by atoms with Crippen molar-refractivity contribution in [2.45, 2.75) is 84.6 Å². The van der Waals surface area contributed by atoms with Crippen molar-refractivity contribution in [3.8, 4) is 0 Å². The quantitative estimate of drug-likeness (QED) is 0.394. The van der Waals surface area contributed by atoms with Crippen LogP contribution in [0.15, 0.2) is 18.2 Å². The molecule has 1 aromatic heterocycles. The van der Waals surface area contributed by atoms with Crippen molar-refractivity contribution in [1.29, 1.82) is 0 Å². The number of unbranched alkanes of at least 4 members (excludes halogenated alkanes) is 2. The average molecular weight is 485 g/mol. The Morgan fingerprint density at radius 1 is 0.971 bits per heavy atom. The van der Waals surface area contributed by atoms with Crippen LogP contribution in [0.4, 0.5) is 0 Å². The zero-order valence-electron chi connectivity index (χ0n) is 22.1. The van der Waals surface area contributed by atoms with Gasteiger partial charge >= 0.3 is 5.97 Å². The third-order valence-corrected chi connectivity index (χ3v) is 7.04. The number of carbonyl (C=O) groups is 2. The summed E-state index contributed by atoms with van der Waals surface area (Å²) in [6.45, 7) is 9.78. The van der Waals surface area contributed by atoms with Crippen LogP contribution < -0.4 is 0 Å². The van der Waals surface area contributed by atoms with Crippen LogP contribution in [0.2, 0.25) is 0 Å². The van der Waals surface area contributed by atoms with Gasteiger partial charge in [0.1, 0.15) is 12.2 Å². The van der Waals surface area contributed by atoms with Gasteiger partial charge in [-0.15, -0.1) is 0 Å². The lowest BCUT2D eigenvalue weighted by atomic mass is 10.1. The Morgan fingerprint density at radius 3 is 2.26 bits per heavy atom. The van der Waals surface area contributed by atoms with Crippen LogP contribution >= 0.6 is 0 Å². The fourth-order valence-electron chi connectivity index (χ4n) is 4.86. The lowest BCUT2D eigenvalue weighted by molar-refractivity contribution is -0.139. The van der Waals surface area contributed by atoms with E-state index in [2.05, 4.69) is 23.3 Å². The van der Waals surface area contributed by atoms with Gasteiger partial charge in [-0.05, 0) is 57.0 Å². The van der Waals surface area contributed by atoms with Gasteiger partial charge in [0, 0.05) is 31.7 Å². The molecule has 0 radical (unpaired) electrons. The van der Waals surface area contributed by atoms with Gasteiger partial charge in [-0.3, -0.25) is 9.59 Å². The largest absolute Gasteiger partial charge is 0.469 e. The van der Waals surface area contributed by atoms with E-state index in [9.17, 15) is 9.59 Å². The van der Waals surface area contributed by atoms with E-state index in [-0.39, 0.29) is 18.3 Å². The summed E-state index contributed by atoms with van der Waals surface area (Å²) < 4.78 is 7.06. The Labute approximate surface area is 210 Å². The summed E-state index contributed by atoms with van der Waals surface area (Å²) in [5.74, 6) is 0.492. The molecule has 0 atom stereocenters. The summed E-state index contributed by atoms with van der Waals surface area (Å²) in [6.07, 6.45) is 10.7. The molecular formula is C28H44N4O3. The number of hydrogen-bond donors (Lipinski definition) is 0. The van der Waals surface area contributed by atoms with E-state index in [1.54, 1.807) is 0 Å². The number of imidazole rings is 1. The van der Waals surface area contributed by atoms with Crippen LogP contribution in [0, 0.1) is 0 Å². The Morgan fingerprint density at radius 2 is 1.63 bits per heavy atom. The lowest BCUT2D eigenvalue weighted by Gasteiger charge is -2.25. The summed E-state index contributed by atoms with van der Waals surface area (Å²) in [5.41, 5.74) is 2.44. The van der Waals surface area contributed by atoms with E-state index in [4.69, 9.17) is 9.72 Å². The number of rotatable bonds is 12. The van der Waals surface area contributed by atoms with Crippen LogP contribution in [0.5, 0.6) is 0 Å². The highest BCUT2D eigenvalue weighted by atomic mass is 16.5. The number of esters is 1. The molecule has 0 unspecified atom stereocenters. The summed E-state index contributed by atoms with van der Waals surface area (Å²) in [7, 11) is 1.41. The first-order chi connectivity index (χ1) is 17.1. The Bertz CT molecular complexity index is 939. The van der Waals surface area contributed by atoms with Crippen LogP contribution in [-0.2, 0) is 22.5 Å². The number of ether oxygens (including phenoxy) is 1. The highest BCUT2D eigenvalue weighted by Crippen LogP contribution is 2.21. The second-order valence-corrected chi connectivity index (χ2v) is 9.74. The molecule has 0 saturated carbocycles. The molecule has 0 spiro atoms. The predicted octanol–water partition coefficient (Wildman–Crippen LogP) is 5.06. The van der Waals surface area contributed by atoms with E-state index in [0.29, 0.717) is 11.4 Å². The first-order valence-corrected chi connectivity index (χ1v) is 13.6. The molecule has 0 N–H and O–H groups in total. The minimum absolute atomic E-state index is 0.0832. The molecule has 2 heterocycles. The summed E-state index contributed by atoms with van der Waals surface area (Å²) in [4.78, 5) is 34.8. The van der Waals surface area contributed by atoms with Crippen molar-refractivity contribution in [2.75, 3.05) is 39.8 Å². The maximum Gasteiger partial charge on any atom is 0.313 e. The second kappa shape index (κ2) is 14.2. The third kappa shape index (κ3) is 7.79. The van der Waals surface area contributed by atoms with Gasteiger partial charge in [0.25, 0.3) is 5.91 Å². The first kappa shape index (κ1) is 27.2. The monoisotopic (exact) mass is 484 g/mol. The molecule has 1 fully saturated rings. The molecule has 7 heteroatoms. The fraction of sp³-hybridized carbons (Fsp3) is 0.679. The topological polar surface area (TPSA) is 67.7 Å². The van der Waals surface area contributed by atoms with Crippen molar-refractivity contribution < 1.29 is 14.3 Å². The highest BCUT2D eigenvalue weighted by Gasteiger charge is 2.20. The number of carbonyl (C=O) groups excluding carboxylic acids is 2. The Hall–Kier alpha value is -2.41. The van der Waals surface area contributed by atoms with Crippen LogP contribution in [-0.4, -0.2) is 71.1 Å². The molecule has 7 nitrogen and oxygen atoms in total. The number of benzene rings is 1. The summed E-state index contributed by atoms with van der Waals surface area (Å²) in [6, 6.07) is 5.78. The number of fused-ring (bicyclic) bond motifs is 1. The standard InChI is InChI=1S/C28H44N4O3/c1-4-6-17-31(18-7-5-2)28(34)23-13-14-24-25(21-23)32(26(29-24)22-27(33)35-3)20-19-30-15-11-9-8-10-12-16-30/h13-14,21H,4-12,15-20,22H2,1-3H3. The highest BCUT2D eigenvalue weighted by molar-refractivity contribution is 5.97. The predicted molar refractivity (Wildman–Crippen MR) is 141 cm³/mol. The number of methoxy groups -OCH3 is 1. The zero-order chi connectivity index (χ0) is 25.0. The van der Waals surface area contributed by atoms with E-state index < -0.39 is 0 Å². The molecule has 2 aromatic rings. The number of nitrogens with zero attached hydrogens (tertiary/aromatic N) is 4. The zero-order valence-corrected chi connectivity index (χ0v) is 22.1. The normalized spacial score (nSPS) is 15.1. The van der Waals surface area contributed by atoms with Crippen LogP contribution in [0.25, 0.3) is 11.0 Å². The number of aromatic nitrogens is 2. The fourth-order valence-corrected chi connectivity index (χ4v) is 4.86. The van der Waals surface area contributed by atoms with Crippen LogP contribution in [0.1, 0.15) is 87.8 Å². The molecule has 1 saturated heterocycles. The minimum atomic E-state index is -0.297. The minimum Gasteiger partial charge on any atom is -0.469 e. The molecule has 1 amide bonds. The molecule has 0 aliphatic carbocycles. The number of likely N-dealkylation sites (tertiary alicyclic amines) is 1. The van der Waals surface area contributed by atoms with Crippen LogP contribution in [0.3, 0.4) is 0 Å². The maximum atomic E-state index is 13.4. The van der Waals surface area contributed by atoms with Gasteiger partial charge in [0.15, 0.2) is 0 Å². The molecule has 35 heavy (non-hydrogen) atoms. The molecular weight excluding hydrogens is 440 g/mol. The first-order valence-electron chi connectivity index (χ1n) is 13.6. The number of amides is 1. The maximum absolute atomic E-state index is 13.4. The molecule has 1 aliphatic rings. The van der Waals surface area contributed by atoms with Gasteiger partial charge in [-0.1, -0.05) is 46.0 Å². The third-order valence-electron chi connectivity index (χ3n) is 7.04. The molecule has 3 rings (SSSR count). The van der Waals surface area contributed by atoms with Gasteiger partial charge in [-0.25, -0.2) is 4.98 Å². The van der Waals surface area contributed by atoms with Gasteiger partial charge in [0.05, 0.1) is 18.1 Å². The molecule has 1 aliphatic heterocycles. The molecule has 194 valence electrons. The van der Waals surface area contributed by atoms with E-state index in [1.165, 1.54) is 39.2 Å². The molecule has 1 aromatic carbocycles. The van der Waals surface area contributed by atoms with E-state index >= 15 is 0 Å². The van der Waals surface area contributed by atoms with E-state index in [1.807, 2.05) is 23.1 Å². The Kier molecular flexibility index (Phi) is 11.0. The summed E-state index contributed by atoms with van der Waals surface area (Å²) in [5, 5.41) is 0. The van der Waals surface area contributed by atoms with Gasteiger partial charge in [-0.2, -0.15) is 0 Å². The van der Waals surface area contributed by atoms with Crippen molar-refractivity contribution >= 4 is 22.9 Å². The van der Waals surface area contributed by atoms with E-state index in [0.717, 1.165) is 76.0 Å². The summed E-state index contributed by atoms with van der Waals surface area (Å²) >= 11 is 0. The van der Waals surface area contributed by atoms with Gasteiger partial charge in [0.2, 0.25) is 0 Å². The van der Waals surface area contributed by atoms with Crippen molar-refractivity contribution in [2.24, 2.45) is 0 Å². The van der Waals surface area contributed by atoms with Crippen molar-refractivity contribution in [1.82, 2.24) is 19.4 Å². The molecule has 0 bridgehead atoms. The lowest BCUT2D eigenvalue weighted by Crippen LogP contribution is -2.33. The SMILES string of the molecule is CCCCN(CCCC)C(=O)c1ccc2nc(CC(=O)OC)n(CCN3CCCCCCC3)c2c1. The Balaban J connectivity index is 1.88. The van der Waals surface area contributed by atoms with Crippen molar-refractivity contribution in [3.63, 3.8) is 0 Å². The van der Waals surface area contributed by atoms with Gasteiger partial charge < -0.3 is 19.1 Å². The smallest absolute Gasteiger partial charge is 0.313 e.